The van der Waals surface area contributed by atoms with Crippen LogP contribution in [0.1, 0.15) is 36.6 Å². The topological polar surface area (TPSA) is 29.1 Å². The van der Waals surface area contributed by atoms with Gasteiger partial charge >= 0.3 is 0 Å². The van der Waals surface area contributed by atoms with Gasteiger partial charge in [0.05, 0.1) is 11.3 Å². The highest BCUT2D eigenvalue weighted by atomic mass is 32.2. The molecule has 0 saturated carbocycles. The molecule has 0 aliphatic rings. The number of aryl methyl sites for hydroxylation is 1. The van der Waals surface area contributed by atoms with E-state index in [-0.39, 0.29) is 23.0 Å². The van der Waals surface area contributed by atoms with Gasteiger partial charge in [0.25, 0.3) is 0 Å². The predicted molar refractivity (Wildman–Crippen MR) is 94.9 cm³/mol. The minimum atomic E-state index is -0.269. The summed E-state index contributed by atoms with van der Waals surface area (Å²) in [6, 6.07) is 14.3. The Bertz CT molecular complexity index is 657. The van der Waals surface area contributed by atoms with Gasteiger partial charge in [-0.05, 0) is 49.6 Å². The monoisotopic (exact) mass is 331 g/mol. The Morgan fingerprint density at radius 1 is 1.13 bits per heavy atom. The number of carbonyl (C=O) groups is 1. The molecule has 0 saturated heterocycles. The first-order valence-electron chi connectivity index (χ1n) is 7.69. The summed E-state index contributed by atoms with van der Waals surface area (Å²) in [5.41, 5.74) is 3.40. The van der Waals surface area contributed by atoms with Gasteiger partial charge in [0.1, 0.15) is 5.82 Å². The van der Waals surface area contributed by atoms with Gasteiger partial charge in [-0.25, -0.2) is 4.39 Å². The van der Waals surface area contributed by atoms with E-state index in [4.69, 9.17) is 0 Å². The van der Waals surface area contributed by atoms with E-state index < -0.39 is 0 Å². The molecule has 2 rings (SSSR count). The SMILES string of the molecule is Cc1ccccc1CSC(C)C(=O)NC(C)c1ccc(F)cc1. The van der Waals surface area contributed by atoms with E-state index in [9.17, 15) is 9.18 Å². The molecular formula is C19H22FNOS. The number of nitrogens with one attached hydrogen (secondary N) is 1. The Morgan fingerprint density at radius 2 is 1.78 bits per heavy atom. The fourth-order valence-corrected chi connectivity index (χ4v) is 3.20. The highest BCUT2D eigenvalue weighted by molar-refractivity contribution is 7.99. The second kappa shape index (κ2) is 8.16. The normalized spacial score (nSPS) is 13.4. The minimum absolute atomic E-state index is 0.000379. The van der Waals surface area contributed by atoms with Crippen LogP contribution in [0.2, 0.25) is 0 Å². The molecule has 2 unspecified atom stereocenters. The number of benzene rings is 2. The maximum Gasteiger partial charge on any atom is 0.233 e. The van der Waals surface area contributed by atoms with Gasteiger partial charge in [-0.15, -0.1) is 11.8 Å². The fourth-order valence-electron chi connectivity index (χ4n) is 2.23. The number of hydrogen-bond donors (Lipinski definition) is 1. The van der Waals surface area contributed by atoms with Gasteiger partial charge in [0.15, 0.2) is 0 Å². The molecule has 0 spiro atoms. The second-order valence-corrected chi connectivity index (χ2v) is 6.99. The van der Waals surface area contributed by atoms with E-state index in [1.807, 2.05) is 26.0 Å². The lowest BCUT2D eigenvalue weighted by Gasteiger charge is -2.18. The molecule has 2 nitrogen and oxygen atoms in total. The van der Waals surface area contributed by atoms with Crippen LogP contribution in [0.15, 0.2) is 48.5 Å². The summed E-state index contributed by atoms with van der Waals surface area (Å²) in [5.74, 6) is 0.543. The molecule has 2 atom stereocenters. The first kappa shape index (κ1) is 17.5. The zero-order chi connectivity index (χ0) is 16.8. The van der Waals surface area contributed by atoms with Crippen LogP contribution >= 0.6 is 11.8 Å². The zero-order valence-corrected chi connectivity index (χ0v) is 14.5. The zero-order valence-electron chi connectivity index (χ0n) is 13.7. The molecular weight excluding hydrogens is 309 g/mol. The third-order valence-corrected chi connectivity index (χ3v) is 5.04. The summed E-state index contributed by atoms with van der Waals surface area (Å²) in [6.45, 7) is 5.90. The predicted octanol–water partition coefficient (Wildman–Crippen LogP) is 4.63. The standard InChI is InChI=1S/C19H22FNOS/c1-13-6-4-5-7-17(13)12-23-15(3)19(22)21-14(2)16-8-10-18(20)11-9-16/h4-11,14-15H,12H2,1-3H3,(H,21,22). The molecule has 0 radical (unpaired) electrons. The van der Waals surface area contributed by atoms with Crippen LogP contribution in [0.3, 0.4) is 0 Å². The van der Waals surface area contributed by atoms with Crippen molar-refractivity contribution in [3.63, 3.8) is 0 Å². The van der Waals surface area contributed by atoms with Crippen LogP contribution in [-0.2, 0) is 10.5 Å². The molecule has 23 heavy (non-hydrogen) atoms. The average molecular weight is 331 g/mol. The van der Waals surface area contributed by atoms with E-state index in [0.29, 0.717) is 0 Å². The molecule has 1 amide bonds. The van der Waals surface area contributed by atoms with Crippen LogP contribution < -0.4 is 5.32 Å². The van der Waals surface area contributed by atoms with Crippen molar-refractivity contribution in [3.05, 3.63) is 71.0 Å². The van der Waals surface area contributed by atoms with Crippen molar-refractivity contribution in [3.8, 4) is 0 Å². The summed E-state index contributed by atoms with van der Waals surface area (Å²) in [4.78, 5) is 12.3. The average Bonchev–Trinajstić information content (AvgIpc) is 2.54. The van der Waals surface area contributed by atoms with Crippen molar-refractivity contribution >= 4 is 17.7 Å². The maximum absolute atomic E-state index is 12.9. The van der Waals surface area contributed by atoms with Crippen molar-refractivity contribution in [1.82, 2.24) is 5.32 Å². The Labute approximate surface area is 141 Å². The number of amides is 1. The fraction of sp³-hybridized carbons (Fsp3) is 0.316. The van der Waals surface area contributed by atoms with Gasteiger partial charge in [0.2, 0.25) is 5.91 Å². The van der Waals surface area contributed by atoms with Gasteiger partial charge in [0, 0.05) is 5.75 Å². The third kappa shape index (κ3) is 5.10. The lowest BCUT2D eigenvalue weighted by atomic mass is 10.1. The molecule has 0 bridgehead atoms. The first-order valence-corrected chi connectivity index (χ1v) is 8.74. The molecule has 1 N–H and O–H groups in total. The Hall–Kier alpha value is -1.81. The molecule has 122 valence electrons. The number of carbonyl (C=O) groups excluding carboxylic acids is 1. The minimum Gasteiger partial charge on any atom is -0.349 e. The molecule has 2 aromatic carbocycles. The Morgan fingerprint density at radius 3 is 2.43 bits per heavy atom. The summed E-state index contributed by atoms with van der Waals surface area (Å²) in [6.07, 6.45) is 0. The van der Waals surface area contributed by atoms with Crippen molar-refractivity contribution in [2.24, 2.45) is 0 Å². The van der Waals surface area contributed by atoms with E-state index in [0.717, 1.165) is 11.3 Å². The van der Waals surface area contributed by atoms with Crippen LogP contribution in [0.5, 0.6) is 0 Å². The number of rotatable bonds is 6. The molecule has 0 aromatic heterocycles. The lowest BCUT2D eigenvalue weighted by molar-refractivity contribution is -0.120. The third-order valence-electron chi connectivity index (χ3n) is 3.85. The quantitative estimate of drug-likeness (QED) is 0.836. The highest BCUT2D eigenvalue weighted by Gasteiger charge is 2.17. The van der Waals surface area contributed by atoms with Gasteiger partial charge < -0.3 is 5.32 Å². The van der Waals surface area contributed by atoms with E-state index in [2.05, 4.69) is 24.4 Å². The van der Waals surface area contributed by atoms with Gasteiger partial charge in [-0.1, -0.05) is 36.4 Å². The number of thioether (sulfide) groups is 1. The van der Waals surface area contributed by atoms with Crippen molar-refractivity contribution < 1.29 is 9.18 Å². The van der Waals surface area contributed by atoms with Crippen LogP contribution in [0.4, 0.5) is 4.39 Å². The van der Waals surface area contributed by atoms with Crippen molar-refractivity contribution in [2.75, 3.05) is 0 Å². The molecule has 2 aromatic rings. The maximum atomic E-state index is 12.9. The Balaban J connectivity index is 1.87. The van der Waals surface area contributed by atoms with E-state index in [1.165, 1.54) is 23.3 Å². The smallest absolute Gasteiger partial charge is 0.233 e. The highest BCUT2D eigenvalue weighted by Crippen LogP contribution is 2.21. The van der Waals surface area contributed by atoms with Crippen molar-refractivity contribution in [1.29, 1.82) is 0 Å². The van der Waals surface area contributed by atoms with E-state index >= 15 is 0 Å². The van der Waals surface area contributed by atoms with Crippen LogP contribution in [0, 0.1) is 12.7 Å². The largest absolute Gasteiger partial charge is 0.349 e. The van der Waals surface area contributed by atoms with Crippen LogP contribution in [0.25, 0.3) is 0 Å². The summed E-state index contributed by atoms with van der Waals surface area (Å²) in [5, 5.41) is 2.84. The lowest BCUT2D eigenvalue weighted by Crippen LogP contribution is -2.33. The van der Waals surface area contributed by atoms with Crippen molar-refractivity contribution in [2.45, 2.75) is 37.8 Å². The summed E-state index contributed by atoms with van der Waals surface area (Å²) in [7, 11) is 0. The number of halogens is 1. The molecule has 4 heteroatoms. The first-order chi connectivity index (χ1) is 11.0. The summed E-state index contributed by atoms with van der Waals surface area (Å²) >= 11 is 1.62. The Kier molecular flexibility index (Phi) is 6.22. The summed E-state index contributed by atoms with van der Waals surface area (Å²) < 4.78 is 12.9. The molecule has 0 aliphatic heterocycles. The van der Waals surface area contributed by atoms with E-state index in [1.54, 1.807) is 23.9 Å². The van der Waals surface area contributed by atoms with Crippen LogP contribution in [-0.4, -0.2) is 11.2 Å². The second-order valence-electron chi connectivity index (χ2n) is 5.66. The molecule has 0 heterocycles. The molecule has 0 fully saturated rings. The number of hydrogen-bond acceptors (Lipinski definition) is 2. The van der Waals surface area contributed by atoms with Gasteiger partial charge in [-0.3, -0.25) is 4.79 Å². The molecule has 0 aliphatic carbocycles. The van der Waals surface area contributed by atoms with Gasteiger partial charge in [-0.2, -0.15) is 0 Å².